The summed E-state index contributed by atoms with van der Waals surface area (Å²) in [6, 6.07) is 2.34. The average molecular weight is 1300 g/mol. The number of nitrogens with one attached hydrogen (secondary N) is 4. The van der Waals surface area contributed by atoms with Gasteiger partial charge in [0.1, 0.15) is 41.8 Å². The van der Waals surface area contributed by atoms with Crippen molar-refractivity contribution >= 4 is 76.6 Å². The molecule has 0 aromatic heterocycles. The molecule has 1 unspecified atom stereocenters. The van der Waals surface area contributed by atoms with E-state index in [1.165, 1.54) is 63.1 Å². The third-order valence-corrected chi connectivity index (χ3v) is 18.2. The van der Waals surface area contributed by atoms with E-state index in [4.69, 9.17) is 11.6 Å². The van der Waals surface area contributed by atoms with Crippen LogP contribution < -0.4 is 21.3 Å². The Morgan fingerprint density at radius 3 is 1.89 bits per heavy atom. The van der Waals surface area contributed by atoms with Gasteiger partial charge in [0.2, 0.25) is 65.0 Å². The van der Waals surface area contributed by atoms with Crippen molar-refractivity contribution in [2.45, 2.75) is 186 Å². The predicted octanol–water partition coefficient (Wildman–Crippen LogP) is 4.74. The summed E-state index contributed by atoms with van der Waals surface area (Å²) < 4.78 is 41.3. The first-order valence-corrected chi connectivity index (χ1v) is 31.9. The molecule has 8 atom stereocenters. The number of fused-ring (bicyclic) bond motifs is 1. The van der Waals surface area contributed by atoms with Crippen molar-refractivity contribution in [3.63, 3.8) is 0 Å². The lowest BCUT2D eigenvalue weighted by molar-refractivity contribution is -0.149. The van der Waals surface area contributed by atoms with Crippen LogP contribution >= 0.6 is 11.6 Å². The highest BCUT2D eigenvalue weighted by atomic mass is 35.5. The molecule has 1 saturated carbocycles. The Kier molecular flexibility index (Phi) is 26.4. The predicted molar refractivity (Wildman–Crippen MR) is 336 cm³/mol. The maximum Gasteiger partial charge on any atom is 0.417 e. The van der Waals surface area contributed by atoms with Crippen LogP contribution in [0.25, 0.3) is 0 Å². The van der Waals surface area contributed by atoms with Crippen LogP contribution in [0.1, 0.15) is 135 Å². The summed E-state index contributed by atoms with van der Waals surface area (Å²) in [7, 11) is 8.38. The number of amides is 11. The maximum atomic E-state index is 15.0. The zero-order valence-electron chi connectivity index (χ0n) is 55.3. The number of aryl methyl sites for hydroxylation is 2. The van der Waals surface area contributed by atoms with E-state index >= 15 is 0 Å². The summed E-state index contributed by atoms with van der Waals surface area (Å²) in [5.74, 6) is -8.19. The first-order valence-electron chi connectivity index (χ1n) is 31.5. The number of hydrogen-bond acceptors (Lipinski definition) is 11. The molecule has 2 aromatic carbocycles. The lowest BCUT2D eigenvalue weighted by atomic mass is 9.92. The van der Waals surface area contributed by atoms with E-state index in [0.29, 0.717) is 36.8 Å². The molecule has 2 saturated heterocycles. The summed E-state index contributed by atoms with van der Waals surface area (Å²) in [5.41, 5.74) is -0.780. The fourth-order valence-corrected chi connectivity index (χ4v) is 12.6. The van der Waals surface area contributed by atoms with E-state index in [1.807, 2.05) is 39.8 Å². The van der Waals surface area contributed by atoms with Gasteiger partial charge in [0.15, 0.2) is 0 Å². The lowest BCUT2D eigenvalue weighted by Gasteiger charge is -2.39. The van der Waals surface area contributed by atoms with Gasteiger partial charge in [-0.15, -0.1) is 0 Å². The van der Waals surface area contributed by atoms with E-state index in [0.717, 1.165) is 37.3 Å². The summed E-state index contributed by atoms with van der Waals surface area (Å²) in [5, 5.41) is 10.9. The second kappa shape index (κ2) is 32.3. The molecule has 5 rings (SSSR count). The quantitative estimate of drug-likeness (QED) is 0.253. The van der Waals surface area contributed by atoms with Gasteiger partial charge in [0.25, 0.3) is 0 Å². The number of halogens is 4. The van der Waals surface area contributed by atoms with Crippen molar-refractivity contribution in [2.24, 2.45) is 17.8 Å². The molecule has 22 nitrogen and oxygen atoms in total. The van der Waals surface area contributed by atoms with Gasteiger partial charge >= 0.3 is 6.18 Å². The molecule has 0 radical (unpaired) electrons. The first kappa shape index (κ1) is 74.4. The number of hydrogen-bond donors (Lipinski definition) is 4. The van der Waals surface area contributed by atoms with Crippen molar-refractivity contribution in [1.29, 1.82) is 0 Å². The van der Waals surface area contributed by atoms with E-state index in [1.54, 1.807) is 39.8 Å². The number of likely N-dealkylation sites (N-methyl/N-ethyl adjacent to an activating group) is 6. The van der Waals surface area contributed by atoms with Crippen LogP contribution in [-0.2, 0) is 71.8 Å². The number of rotatable bonds is 10. The van der Waals surface area contributed by atoms with Crippen molar-refractivity contribution in [3.8, 4) is 0 Å². The minimum atomic E-state index is -4.75. The third-order valence-electron chi connectivity index (χ3n) is 17.9. The van der Waals surface area contributed by atoms with Gasteiger partial charge < -0.3 is 55.6 Å². The zero-order chi connectivity index (χ0) is 68.1. The Morgan fingerprint density at radius 2 is 1.30 bits per heavy atom. The highest BCUT2D eigenvalue weighted by Crippen LogP contribution is 2.36. The average Bonchev–Trinajstić information content (AvgIpc) is 1.75. The van der Waals surface area contributed by atoms with E-state index in [-0.39, 0.29) is 63.8 Å². The number of carbonyl (C=O) groups excluding carboxylic acids is 11. The normalized spacial score (nSPS) is 24.9. The van der Waals surface area contributed by atoms with Crippen LogP contribution in [0, 0.1) is 24.7 Å². The van der Waals surface area contributed by atoms with Gasteiger partial charge in [-0.3, -0.25) is 52.7 Å². The smallest absolute Gasteiger partial charge is 0.351 e. The summed E-state index contributed by atoms with van der Waals surface area (Å²) >= 11 is 6.11. The number of carbonyl (C=O) groups is 11. The maximum absolute atomic E-state index is 15.0. The standard InChI is InChI=1S/C65H95ClF3N11O11/c1-15-41(7)55-62(90)76(11)36-53(83)74(9)37-54(84)78(13)50(34-44-21-18-20-40(6)31-44)61(89)75(10)35-51(81)71-47(26-24-43-23-25-45(46(66)33-43)65(67,68)69)60(88)80-29-19-22-48(80)58(86)73-64(27-16-17-28-64)63(91)79(14)56(39(4)5)59(87)70-42(8)32-52(82)77(12)49(30-38(2)3)57(85)72-55/h18,20-21,23,25,31,33,38-39,41-42,47-50,55-56H,15-17,19,22,24,26-30,32,34-37H2,1-14H3,(H,70,87)(H,71,81)(H,72,85)(H,73,86)/t41?,42-,47+,48+,49+,50+,55+,56+/m1/s1. The van der Waals surface area contributed by atoms with Crippen LogP contribution in [-0.4, -0.2) is 216 Å². The number of alkyl halides is 3. The molecule has 11 amide bonds. The zero-order valence-corrected chi connectivity index (χ0v) is 56.0. The Morgan fingerprint density at radius 1 is 0.670 bits per heavy atom. The van der Waals surface area contributed by atoms with Crippen LogP contribution in [0.2, 0.25) is 5.02 Å². The minimum absolute atomic E-state index is 0.0422. The monoisotopic (exact) mass is 1300 g/mol. The highest BCUT2D eigenvalue weighted by Gasteiger charge is 2.49. The van der Waals surface area contributed by atoms with Crippen molar-refractivity contribution in [2.75, 3.05) is 68.5 Å². The molecule has 26 heteroatoms. The molecule has 1 aliphatic carbocycles. The highest BCUT2D eigenvalue weighted by molar-refractivity contribution is 6.31. The van der Waals surface area contributed by atoms with Gasteiger partial charge in [-0.1, -0.05) is 108 Å². The third kappa shape index (κ3) is 19.4. The Hall–Kier alpha value is -7.31. The first-order chi connectivity index (χ1) is 42.5. The van der Waals surface area contributed by atoms with Gasteiger partial charge in [0, 0.05) is 67.7 Å². The largest absolute Gasteiger partial charge is 0.417 e. The molecule has 3 fully saturated rings. The Labute approximate surface area is 538 Å². The second-order valence-electron chi connectivity index (χ2n) is 26.0. The SMILES string of the molecule is CCC(C)[C@@H]1NC(=O)[C@H](CC(C)C)N(C)C(=O)C[C@@H](C)NC(=O)[C@H](C(C)C)N(C)C(=O)C2(CCCC2)NC(=O)[C@@H]2CCCN2C(=O)[C@H](CCc2ccc(C(F)(F)F)c(Cl)c2)NC(=O)CN(C)C(=O)[C@H](Cc2cccc(C)c2)N(C)C(=O)CN(C)C(=O)CN(C)C1=O. The van der Waals surface area contributed by atoms with E-state index < -0.39 is 161 Å². The molecule has 2 aromatic rings. The Bertz CT molecular complexity index is 3000. The van der Waals surface area contributed by atoms with Gasteiger partial charge in [-0.25, -0.2) is 0 Å². The van der Waals surface area contributed by atoms with E-state index in [2.05, 4.69) is 21.3 Å². The topological polar surface area (TPSA) is 259 Å². The number of benzene rings is 2. The summed E-state index contributed by atoms with van der Waals surface area (Å²) in [4.78, 5) is 168. The van der Waals surface area contributed by atoms with Gasteiger partial charge in [-0.2, -0.15) is 13.2 Å². The molecule has 3 aliphatic rings. The summed E-state index contributed by atoms with van der Waals surface area (Å²) in [6.45, 7) is 12.6. The molecule has 4 N–H and O–H groups in total. The molecular formula is C65H95ClF3N11O11. The van der Waals surface area contributed by atoms with Crippen molar-refractivity contribution < 1.29 is 65.9 Å². The molecule has 2 heterocycles. The Balaban J connectivity index is 1.56. The van der Waals surface area contributed by atoms with Crippen molar-refractivity contribution in [1.82, 2.24) is 55.6 Å². The molecular weight excluding hydrogens is 1200 g/mol. The van der Waals surface area contributed by atoms with E-state index in [9.17, 15) is 65.9 Å². The molecule has 0 bridgehead atoms. The number of nitrogens with zero attached hydrogens (tertiary/aromatic N) is 7. The van der Waals surface area contributed by atoms with Crippen LogP contribution in [0.15, 0.2) is 42.5 Å². The lowest BCUT2D eigenvalue weighted by Crippen LogP contribution is -2.64. The molecule has 2 aliphatic heterocycles. The minimum Gasteiger partial charge on any atom is -0.351 e. The van der Waals surface area contributed by atoms with Crippen molar-refractivity contribution in [3.05, 3.63) is 69.7 Å². The van der Waals surface area contributed by atoms with Crippen LogP contribution in [0.5, 0.6) is 0 Å². The van der Waals surface area contributed by atoms with Crippen LogP contribution in [0.3, 0.4) is 0 Å². The van der Waals surface area contributed by atoms with Gasteiger partial charge in [-0.05, 0) is 99.8 Å². The fourth-order valence-electron chi connectivity index (χ4n) is 12.3. The molecule has 504 valence electrons. The van der Waals surface area contributed by atoms with Crippen LogP contribution in [0.4, 0.5) is 13.2 Å². The molecule has 91 heavy (non-hydrogen) atoms. The van der Waals surface area contributed by atoms with Gasteiger partial charge in [0.05, 0.1) is 30.2 Å². The fraction of sp³-hybridized carbons (Fsp3) is 0.646. The summed E-state index contributed by atoms with van der Waals surface area (Å²) in [6.07, 6.45) is -2.75. The molecule has 1 spiro atoms. The second-order valence-corrected chi connectivity index (χ2v) is 26.4.